The Morgan fingerprint density at radius 2 is 1.51 bits per heavy atom. The third kappa shape index (κ3) is 9.11. The van der Waals surface area contributed by atoms with Gasteiger partial charge in [-0.25, -0.2) is 0 Å². The van der Waals surface area contributed by atoms with Crippen LogP contribution in [0.3, 0.4) is 0 Å². The Labute approximate surface area is 288 Å². The Morgan fingerprint density at radius 1 is 1.02 bits per heavy atom. The molecule has 0 N–H and O–H groups in total. The van der Waals surface area contributed by atoms with Crippen LogP contribution in [0.5, 0.6) is 0 Å². The molecule has 10 heteroatoms. The van der Waals surface area contributed by atoms with Gasteiger partial charge in [0.05, 0.1) is 12.7 Å². The molecular weight excluding hydrogens is 651 g/mol. The number of nitrogens with zero attached hydrogens (tertiary/aromatic N) is 3. The van der Waals surface area contributed by atoms with Crippen LogP contribution in [0, 0.1) is 45.8 Å². The van der Waals surface area contributed by atoms with Crippen molar-refractivity contribution in [3.05, 3.63) is 76.3 Å². The molecule has 0 spiro atoms. The monoisotopic (exact) mass is 685 g/mol. The number of Topliss-reactive ketones (excluding diaryl/α,β-unsaturated/α-hetero) is 1. The molecule has 1 saturated heterocycles. The molecule has 1 heterocycles. The Balaban J connectivity index is 0.000000348. The minimum absolute atomic E-state index is 0. The molecule has 41 heavy (non-hydrogen) atoms. The van der Waals surface area contributed by atoms with Crippen molar-refractivity contribution < 1.29 is 39.1 Å². The summed E-state index contributed by atoms with van der Waals surface area (Å²) in [6, 6.07) is 18.2. The summed E-state index contributed by atoms with van der Waals surface area (Å²) in [6.07, 6.45) is 5.92. The van der Waals surface area contributed by atoms with Crippen LogP contribution in [0.25, 0.3) is 0 Å². The van der Waals surface area contributed by atoms with Crippen molar-refractivity contribution in [2.75, 3.05) is 19.0 Å². The fourth-order valence-corrected chi connectivity index (χ4v) is 6.73. The van der Waals surface area contributed by atoms with E-state index in [1.165, 1.54) is 11.1 Å². The van der Waals surface area contributed by atoms with E-state index in [9.17, 15) is 10.1 Å². The van der Waals surface area contributed by atoms with Crippen molar-refractivity contribution >= 4 is 53.9 Å². The van der Waals surface area contributed by atoms with Gasteiger partial charge in [0.25, 0.3) is 0 Å². The maximum absolute atomic E-state index is 12.3. The van der Waals surface area contributed by atoms with Crippen LogP contribution < -0.4 is 29.6 Å². The zero-order chi connectivity index (χ0) is 30.0. The Kier molecular flexibility index (Phi) is 16.3. The van der Waals surface area contributed by atoms with E-state index in [0.717, 1.165) is 60.5 Å². The number of halogens is 3. The average Bonchev–Trinajstić information content (AvgIpc) is 3.34. The normalized spacial score (nSPS) is 28.8. The first-order valence-corrected chi connectivity index (χ1v) is 15.5. The third-order valence-corrected chi connectivity index (χ3v) is 10.1. The van der Waals surface area contributed by atoms with Gasteiger partial charge in [0.1, 0.15) is 5.78 Å². The molecule has 2 saturated carbocycles. The molecule has 3 aliphatic rings. The van der Waals surface area contributed by atoms with Gasteiger partial charge >= 0.3 is 29.6 Å². The standard InChI is InChI=1S/C15H16ClNO.C14H16BrClO.CH4NP.CN.Na/c1-14-7-6-12(15(14,9-17)18-10-14)8-11-2-4-13(16)5-3-11;1-14(9-15)7-6-11(13(14)17)8-10-2-4-12(16)5-3-10;1-2-3;1-2;/h2-5,12H,6-8,10H2,1H3;2-5,11H,6-9H2,1H3;3H,1H3;;/q;;;-1;+1/t12?,14-,15-;;;;/m0..../s1. The summed E-state index contributed by atoms with van der Waals surface area (Å²) in [4.78, 5) is 12.3. The second-order valence-corrected chi connectivity index (χ2v) is 13.0. The number of carbonyl (C=O) groups is 1. The molecule has 0 amide bonds. The van der Waals surface area contributed by atoms with E-state index in [-0.39, 0.29) is 46.3 Å². The van der Waals surface area contributed by atoms with Gasteiger partial charge in [0.15, 0.2) is 5.60 Å². The van der Waals surface area contributed by atoms with Gasteiger partial charge in [0, 0.05) is 45.1 Å². The number of carbonyl (C=O) groups excluding carboxylic acids is 1. The first-order chi connectivity index (χ1) is 19.1. The number of hydrogen-bond acceptors (Lipinski definition) is 5. The summed E-state index contributed by atoms with van der Waals surface area (Å²) in [5.41, 5.74) is 1.80. The fourth-order valence-electron chi connectivity index (χ4n) is 5.92. The number of alkyl halides is 1. The van der Waals surface area contributed by atoms with E-state index in [1.54, 1.807) is 7.05 Å². The minimum Gasteiger partial charge on any atom is -0.512 e. The number of ketones is 1. The van der Waals surface area contributed by atoms with Crippen molar-refractivity contribution in [1.82, 2.24) is 0 Å². The molecule has 0 aromatic heterocycles. The smallest absolute Gasteiger partial charge is 0.512 e. The van der Waals surface area contributed by atoms with Crippen LogP contribution in [0.4, 0.5) is 0 Å². The second-order valence-electron chi connectivity index (χ2n) is 11.1. The minimum atomic E-state index is -0.549. The number of benzene rings is 2. The van der Waals surface area contributed by atoms with Gasteiger partial charge in [-0.05, 0) is 82.9 Å². The molecule has 5 atom stereocenters. The largest absolute Gasteiger partial charge is 1.00 e. The number of fused-ring (bicyclic) bond motifs is 1. The first-order valence-electron chi connectivity index (χ1n) is 13.2. The Bertz CT molecular complexity index is 1210. The second kappa shape index (κ2) is 17.5. The quantitative estimate of drug-likeness (QED) is 0.170. The van der Waals surface area contributed by atoms with Crippen LogP contribution in [-0.2, 0) is 22.4 Å². The first kappa shape index (κ1) is 38.2. The summed E-state index contributed by atoms with van der Waals surface area (Å²) in [6.45, 7) is 9.73. The summed E-state index contributed by atoms with van der Waals surface area (Å²) in [5.74, 6) is 0.894. The Morgan fingerprint density at radius 3 is 1.90 bits per heavy atom. The van der Waals surface area contributed by atoms with Gasteiger partial charge in [-0.1, -0.05) is 77.2 Å². The molecule has 0 radical (unpaired) electrons. The number of nitriles is 1. The summed E-state index contributed by atoms with van der Waals surface area (Å²) >= 11 is 15.2. The van der Waals surface area contributed by atoms with E-state index in [4.69, 9.17) is 39.8 Å². The number of ether oxygens (including phenoxy) is 1. The van der Waals surface area contributed by atoms with Gasteiger partial charge in [-0.15, -0.1) is 0 Å². The van der Waals surface area contributed by atoms with Crippen molar-refractivity contribution in [1.29, 1.82) is 10.5 Å². The van der Waals surface area contributed by atoms with Crippen LogP contribution in [0.1, 0.15) is 50.7 Å². The summed E-state index contributed by atoms with van der Waals surface area (Å²) in [5, 5.41) is 18.0. The molecule has 2 aromatic carbocycles. The van der Waals surface area contributed by atoms with Gasteiger partial charge < -0.3 is 16.6 Å². The topological polar surface area (TPSA) is 86.2 Å². The number of rotatable bonds is 5. The molecule has 1 aliphatic heterocycles. The van der Waals surface area contributed by atoms with Crippen molar-refractivity contribution in [2.24, 2.45) is 27.4 Å². The molecule has 3 unspecified atom stereocenters. The van der Waals surface area contributed by atoms with E-state index < -0.39 is 5.60 Å². The molecule has 3 fully saturated rings. The molecule has 2 aromatic rings. The van der Waals surface area contributed by atoms with Crippen LogP contribution in [0.15, 0.2) is 53.3 Å². The molecule has 5 rings (SSSR count). The zero-order valence-electron chi connectivity index (χ0n) is 24.2. The molecule has 214 valence electrons. The van der Waals surface area contributed by atoms with Gasteiger partial charge in [-0.3, -0.25) is 9.54 Å². The fraction of sp³-hybridized carbons (Fsp3) is 0.516. The van der Waals surface area contributed by atoms with Crippen LogP contribution >= 0.6 is 48.2 Å². The Hall–Kier alpha value is -0.790. The molecule has 5 nitrogen and oxygen atoms in total. The third-order valence-electron chi connectivity index (χ3n) is 8.40. The maximum atomic E-state index is 12.3. The maximum Gasteiger partial charge on any atom is 1.00 e. The van der Waals surface area contributed by atoms with Gasteiger partial charge in [-0.2, -0.15) is 5.26 Å². The van der Waals surface area contributed by atoms with Crippen molar-refractivity contribution in [3.63, 3.8) is 0 Å². The molecule has 2 aliphatic carbocycles. The van der Waals surface area contributed by atoms with Crippen LogP contribution in [0.2, 0.25) is 10.0 Å². The summed E-state index contributed by atoms with van der Waals surface area (Å²) in [7, 11) is 4.47. The SMILES string of the molecule is CC1(CBr)CCC(Cc2ccc(Cl)cc2)C1=O.CN=P.C[C@@]12CCC(Cc3ccc(Cl)cc3)[C@]1(C#N)OC2.[C-]#N.[Na+]. The number of hydrogen-bond donors (Lipinski definition) is 0. The zero-order valence-corrected chi connectivity index (χ0v) is 30.3. The van der Waals surface area contributed by atoms with E-state index >= 15 is 0 Å². The molecular formula is C31H36BrCl2N3NaO2P. The predicted octanol–water partition coefficient (Wildman–Crippen LogP) is 5.90. The van der Waals surface area contributed by atoms with E-state index in [1.807, 2.05) is 48.5 Å². The van der Waals surface area contributed by atoms with Crippen molar-refractivity contribution in [2.45, 2.75) is 58.0 Å². The van der Waals surface area contributed by atoms with E-state index in [2.05, 4.69) is 49.6 Å². The van der Waals surface area contributed by atoms with Crippen molar-refractivity contribution in [3.8, 4) is 6.07 Å². The predicted molar refractivity (Wildman–Crippen MR) is 167 cm³/mol. The van der Waals surface area contributed by atoms with E-state index in [0.29, 0.717) is 11.7 Å². The average molecular weight is 687 g/mol. The van der Waals surface area contributed by atoms with Crippen LogP contribution in [-0.4, -0.2) is 30.4 Å². The van der Waals surface area contributed by atoms with Gasteiger partial charge in [0.2, 0.25) is 0 Å². The molecule has 0 bridgehead atoms. The summed E-state index contributed by atoms with van der Waals surface area (Å²) < 4.78 is 9.02.